The van der Waals surface area contributed by atoms with Gasteiger partial charge in [0.15, 0.2) is 0 Å². The molecule has 0 bridgehead atoms. The van der Waals surface area contributed by atoms with Crippen LogP contribution in [0.5, 0.6) is 0 Å². The van der Waals surface area contributed by atoms with E-state index in [2.05, 4.69) is 10.6 Å². The van der Waals surface area contributed by atoms with Gasteiger partial charge >= 0.3 is 0 Å². The largest absolute Gasteiger partial charge is 0.349 e. The van der Waals surface area contributed by atoms with Gasteiger partial charge in [-0.3, -0.25) is 14.4 Å². The van der Waals surface area contributed by atoms with E-state index in [0.717, 1.165) is 31.2 Å². The number of hydrogen-bond donors (Lipinski definition) is 2. The standard InChI is InChI=1S/C24H26ClN3O3/c1-15-6-8-16(9-7-15)24(31)28-20-5-3-2-4-19(20)27-23(30)21(28)14-22(29)26-18-12-10-17(25)11-13-18/h6-13,19-21H,2-5,14H2,1H3,(H,26,29)(H,27,30)/t19-,20+,21+/m0/s1. The molecule has 31 heavy (non-hydrogen) atoms. The van der Waals surface area contributed by atoms with E-state index in [0.29, 0.717) is 16.3 Å². The van der Waals surface area contributed by atoms with E-state index in [4.69, 9.17) is 11.6 Å². The van der Waals surface area contributed by atoms with Crippen LogP contribution in [0.3, 0.4) is 0 Å². The summed E-state index contributed by atoms with van der Waals surface area (Å²) in [6, 6.07) is 13.1. The highest BCUT2D eigenvalue weighted by molar-refractivity contribution is 6.30. The lowest BCUT2D eigenvalue weighted by atomic mass is 9.84. The van der Waals surface area contributed by atoms with Gasteiger partial charge in [-0.1, -0.05) is 42.1 Å². The zero-order chi connectivity index (χ0) is 22.0. The van der Waals surface area contributed by atoms with E-state index < -0.39 is 6.04 Å². The maximum Gasteiger partial charge on any atom is 0.254 e. The molecule has 2 N–H and O–H groups in total. The Bertz CT molecular complexity index is 975. The lowest BCUT2D eigenvalue weighted by Crippen LogP contribution is -2.68. The number of amides is 3. The van der Waals surface area contributed by atoms with Crippen molar-refractivity contribution in [1.29, 1.82) is 0 Å². The molecule has 1 heterocycles. The van der Waals surface area contributed by atoms with Crippen molar-refractivity contribution in [2.24, 2.45) is 0 Å². The molecular weight excluding hydrogens is 414 g/mol. The molecular formula is C24H26ClN3O3. The Morgan fingerprint density at radius 2 is 1.74 bits per heavy atom. The monoisotopic (exact) mass is 439 g/mol. The van der Waals surface area contributed by atoms with Gasteiger partial charge in [0.05, 0.1) is 12.5 Å². The predicted molar refractivity (Wildman–Crippen MR) is 120 cm³/mol. The number of aryl methyl sites for hydroxylation is 1. The lowest BCUT2D eigenvalue weighted by molar-refractivity contribution is -0.135. The molecule has 2 fully saturated rings. The third-order valence-electron chi connectivity index (χ3n) is 6.09. The molecule has 1 aliphatic carbocycles. The Labute approximate surface area is 187 Å². The second-order valence-electron chi connectivity index (χ2n) is 8.32. The first kappa shape index (κ1) is 21.4. The fourth-order valence-corrected chi connectivity index (χ4v) is 4.62. The average Bonchev–Trinajstić information content (AvgIpc) is 2.76. The van der Waals surface area contributed by atoms with Gasteiger partial charge in [0, 0.05) is 22.3 Å². The highest BCUT2D eigenvalue weighted by Gasteiger charge is 2.46. The van der Waals surface area contributed by atoms with Crippen LogP contribution in [0.4, 0.5) is 5.69 Å². The van der Waals surface area contributed by atoms with Gasteiger partial charge in [-0.2, -0.15) is 0 Å². The van der Waals surface area contributed by atoms with Crippen LogP contribution >= 0.6 is 11.6 Å². The summed E-state index contributed by atoms with van der Waals surface area (Å²) < 4.78 is 0. The van der Waals surface area contributed by atoms with Crippen LogP contribution in [0.15, 0.2) is 48.5 Å². The minimum absolute atomic E-state index is 0.0637. The molecule has 2 aromatic rings. The zero-order valence-electron chi connectivity index (χ0n) is 17.4. The third-order valence-corrected chi connectivity index (χ3v) is 6.34. The van der Waals surface area contributed by atoms with Crippen molar-refractivity contribution in [3.05, 3.63) is 64.7 Å². The summed E-state index contributed by atoms with van der Waals surface area (Å²) in [5.74, 6) is -0.788. The SMILES string of the molecule is Cc1ccc(C(=O)N2[C@H](CC(=O)Nc3ccc(Cl)cc3)C(=O)N[C@H]3CCCC[C@H]32)cc1. The first-order valence-corrected chi connectivity index (χ1v) is 11.1. The van der Waals surface area contributed by atoms with Crippen LogP contribution in [0.1, 0.15) is 48.0 Å². The third kappa shape index (κ3) is 4.74. The van der Waals surface area contributed by atoms with Crippen LogP contribution in [-0.4, -0.2) is 40.7 Å². The fourth-order valence-electron chi connectivity index (χ4n) is 4.50. The van der Waals surface area contributed by atoms with Crippen molar-refractivity contribution in [2.45, 2.75) is 57.2 Å². The topological polar surface area (TPSA) is 78.5 Å². The number of nitrogens with one attached hydrogen (secondary N) is 2. The van der Waals surface area contributed by atoms with Crippen molar-refractivity contribution < 1.29 is 14.4 Å². The van der Waals surface area contributed by atoms with Gasteiger partial charge in [-0.05, 0) is 56.2 Å². The predicted octanol–water partition coefficient (Wildman–Crippen LogP) is 3.93. The fraction of sp³-hybridized carbons (Fsp3) is 0.375. The van der Waals surface area contributed by atoms with Crippen molar-refractivity contribution in [3.63, 3.8) is 0 Å². The summed E-state index contributed by atoms with van der Waals surface area (Å²) >= 11 is 5.90. The molecule has 0 radical (unpaired) electrons. The summed E-state index contributed by atoms with van der Waals surface area (Å²) in [6.45, 7) is 1.96. The molecule has 0 spiro atoms. The van der Waals surface area contributed by atoms with E-state index in [1.54, 1.807) is 41.3 Å². The van der Waals surface area contributed by atoms with Crippen LogP contribution in [0.2, 0.25) is 5.02 Å². The van der Waals surface area contributed by atoms with Gasteiger partial charge in [0.25, 0.3) is 5.91 Å². The van der Waals surface area contributed by atoms with Gasteiger partial charge in [0.2, 0.25) is 11.8 Å². The lowest BCUT2D eigenvalue weighted by Gasteiger charge is -2.48. The van der Waals surface area contributed by atoms with Crippen LogP contribution in [0.25, 0.3) is 0 Å². The second-order valence-corrected chi connectivity index (χ2v) is 8.76. The van der Waals surface area contributed by atoms with Crippen molar-refractivity contribution >= 4 is 35.0 Å². The minimum Gasteiger partial charge on any atom is -0.349 e. The molecule has 6 nitrogen and oxygen atoms in total. The average molecular weight is 440 g/mol. The smallest absolute Gasteiger partial charge is 0.254 e. The summed E-state index contributed by atoms with van der Waals surface area (Å²) in [5.41, 5.74) is 2.19. The molecule has 3 atom stereocenters. The molecule has 1 saturated carbocycles. The molecule has 1 saturated heterocycles. The number of benzene rings is 2. The van der Waals surface area contributed by atoms with E-state index in [-0.39, 0.29) is 36.2 Å². The molecule has 0 unspecified atom stereocenters. The Balaban J connectivity index is 1.58. The van der Waals surface area contributed by atoms with Crippen LogP contribution in [-0.2, 0) is 9.59 Å². The number of fused-ring (bicyclic) bond motifs is 1. The summed E-state index contributed by atoms with van der Waals surface area (Å²) in [4.78, 5) is 40.9. The first-order chi connectivity index (χ1) is 14.9. The summed E-state index contributed by atoms with van der Waals surface area (Å²) in [5, 5.41) is 6.43. The second kappa shape index (κ2) is 9.10. The van der Waals surface area contributed by atoms with Gasteiger partial charge in [-0.25, -0.2) is 0 Å². The molecule has 2 aromatic carbocycles. The number of anilines is 1. The van der Waals surface area contributed by atoms with E-state index >= 15 is 0 Å². The van der Waals surface area contributed by atoms with Gasteiger partial charge in [0.1, 0.15) is 6.04 Å². The minimum atomic E-state index is -0.847. The first-order valence-electron chi connectivity index (χ1n) is 10.7. The molecule has 162 valence electrons. The Hall–Kier alpha value is -2.86. The summed E-state index contributed by atoms with van der Waals surface area (Å²) in [7, 11) is 0. The quantitative estimate of drug-likeness (QED) is 0.757. The number of carbonyl (C=O) groups excluding carboxylic acids is 3. The van der Waals surface area contributed by atoms with E-state index in [9.17, 15) is 14.4 Å². The van der Waals surface area contributed by atoms with Crippen molar-refractivity contribution in [3.8, 4) is 0 Å². The maximum atomic E-state index is 13.5. The number of carbonyl (C=O) groups is 3. The molecule has 1 aliphatic heterocycles. The molecule has 4 rings (SSSR count). The number of halogens is 1. The highest BCUT2D eigenvalue weighted by atomic mass is 35.5. The Morgan fingerprint density at radius 3 is 2.45 bits per heavy atom. The molecule has 2 aliphatic rings. The van der Waals surface area contributed by atoms with E-state index in [1.807, 2.05) is 19.1 Å². The number of hydrogen-bond acceptors (Lipinski definition) is 3. The summed E-state index contributed by atoms with van der Waals surface area (Å²) in [6.07, 6.45) is 3.58. The van der Waals surface area contributed by atoms with E-state index in [1.165, 1.54) is 0 Å². The molecule has 3 amide bonds. The van der Waals surface area contributed by atoms with Gasteiger partial charge in [-0.15, -0.1) is 0 Å². The Morgan fingerprint density at radius 1 is 1.06 bits per heavy atom. The van der Waals surface area contributed by atoms with Crippen molar-refractivity contribution in [2.75, 3.05) is 5.32 Å². The maximum absolute atomic E-state index is 13.5. The zero-order valence-corrected chi connectivity index (χ0v) is 18.2. The highest BCUT2D eigenvalue weighted by Crippen LogP contribution is 2.31. The van der Waals surface area contributed by atoms with Crippen LogP contribution < -0.4 is 10.6 Å². The normalized spacial score (nSPS) is 23.0. The molecule has 0 aromatic heterocycles. The number of rotatable bonds is 4. The van der Waals surface area contributed by atoms with Crippen molar-refractivity contribution in [1.82, 2.24) is 10.2 Å². The van der Waals surface area contributed by atoms with Crippen LogP contribution in [0, 0.1) is 6.92 Å². The Kier molecular flexibility index (Phi) is 6.28. The van der Waals surface area contributed by atoms with Gasteiger partial charge < -0.3 is 15.5 Å². The molecule has 7 heteroatoms. The number of piperazine rings is 1. The number of nitrogens with zero attached hydrogens (tertiary/aromatic N) is 1.